The van der Waals surface area contributed by atoms with Gasteiger partial charge in [-0.15, -0.1) is 29.6 Å². The van der Waals surface area contributed by atoms with Gasteiger partial charge in [-0.2, -0.15) is 35.3 Å². The van der Waals surface area contributed by atoms with Gasteiger partial charge in [-0.05, 0) is 134 Å². The summed E-state index contributed by atoms with van der Waals surface area (Å²) >= 11 is 35.0. The highest BCUT2D eigenvalue weighted by Crippen LogP contribution is 2.27. The Morgan fingerprint density at radius 2 is 0.902 bits per heavy atom. The molecule has 123 heavy (non-hydrogen) atoms. The lowest BCUT2D eigenvalue weighted by atomic mass is 10.2. The third-order valence-electron chi connectivity index (χ3n) is 17.0. The van der Waals surface area contributed by atoms with Crippen LogP contribution in [0.25, 0.3) is 77.6 Å². The monoisotopic (exact) mass is 1800 g/mol. The van der Waals surface area contributed by atoms with Gasteiger partial charge >= 0.3 is 23.6 Å². The normalized spacial score (nSPS) is 11.5. The molecule has 1 aliphatic heterocycles. The Kier molecular flexibility index (Phi) is 30.4. The van der Waals surface area contributed by atoms with Gasteiger partial charge in [0.05, 0.1) is 69.4 Å². The second-order valence-electron chi connectivity index (χ2n) is 27.7. The van der Waals surface area contributed by atoms with E-state index in [1.807, 2.05) is 25.3 Å². The van der Waals surface area contributed by atoms with E-state index in [1.54, 1.807) is 108 Å². The Balaban J connectivity index is 0.000000165. The molecule has 42 nitrogen and oxygen atoms in total. The number of hydrogen-bond donors (Lipinski definition) is 3. The van der Waals surface area contributed by atoms with Crippen LogP contribution >= 0.6 is 69.6 Å². The van der Waals surface area contributed by atoms with Crippen molar-refractivity contribution in [2.75, 3.05) is 31.1 Å². The molecule has 0 bridgehead atoms. The standard InChI is InChI=1S/C19H26N6O3.C11H14N4O3.C10H9ClN4O2.C10H9ClN4O.C10H10N4O2.C9H5Cl3N4.C6H5ClN4O/c1-6-7-8-25-15-14(13-20-22(5)16(15)26)21-17(25)23-9-11-24(12-10-23)18(27)28-19(2,3)4;1-11(2,3)18-10(17)15-6-12-8-7(15)5-13-14(4)9(8)16;1-3-4-5-15-6-7(12-9(15)11)14(2)10(17)13-8(6)16;1-3-4-5-15-8-7(13-10(15)11)6-12-14(2)9(8)16;1-3-4-5-14-6-11-8-7(14)9(15)12-10(16)13(8)2;1-2-3-4-16-5-6(10)13-8(11)14-7(5)15-9(16)12;1-11-5(12)4-3(2-8-11)9-6(7)10-4/h13H,8-12H2,1-5H3;5-6H,1-4H3;5H2,1-2H3,(H,13,16,17);6H,5H2,1-2H3;6H,5H2,1-2H3,(H,12,15,16);4H2,1H3;2H,1H3,(H,9,10). The molecule has 1 saturated heterocycles. The molecule has 0 aromatic carbocycles. The number of amides is 1. The fraction of sp³-hybridized carbons (Fsp3) is 0.373. The number of nitrogens with zero attached hydrogens (tertiary/aromatic N) is 27. The van der Waals surface area contributed by atoms with Crippen molar-refractivity contribution in [1.29, 1.82) is 0 Å². The maximum atomic E-state index is 12.6. The van der Waals surface area contributed by atoms with Crippen LogP contribution in [0.5, 0.6) is 0 Å². The number of carbonyl (C=O) groups excluding carboxylic acids is 2. The van der Waals surface area contributed by atoms with Crippen molar-refractivity contribution < 1.29 is 19.1 Å². The maximum absolute atomic E-state index is 12.6. The highest BCUT2D eigenvalue weighted by molar-refractivity contribution is 6.36. The number of aryl methyl sites for hydroxylation is 6. The molecule has 15 heterocycles. The van der Waals surface area contributed by atoms with Crippen molar-refractivity contribution >= 4 is 165 Å². The van der Waals surface area contributed by atoms with Crippen LogP contribution in [0, 0.1) is 59.2 Å². The van der Waals surface area contributed by atoms with E-state index in [0.29, 0.717) is 119 Å². The first-order chi connectivity index (χ1) is 58.2. The second kappa shape index (κ2) is 40.1. The molecule has 1 amide bonds. The summed E-state index contributed by atoms with van der Waals surface area (Å²) in [5.41, 5.74) is 1.41. The number of piperazine rings is 1. The second-order valence-corrected chi connectivity index (χ2v) is 29.7. The van der Waals surface area contributed by atoms with Gasteiger partial charge in [0.25, 0.3) is 33.4 Å². The van der Waals surface area contributed by atoms with Gasteiger partial charge in [0.2, 0.25) is 32.4 Å². The van der Waals surface area contributed by atoms with Crippen LogP contribution in [-0.4, -0.2) is 190 Å². The van der Waals surface area contributed by atoms with Crippen LogP contribution in [-0.2, 0) is 84.5 Å². The van der Waals surface area contributed by atoms with E-state index in [2.05, 4.69) is 144 Å². The molecule has 1 aliphatic rings. The molecule has 14 aromatic heterocycles. The number of ether oxygens (including phenoxy) is 2. The van der Waals surface area contributed by atoms with Gasteiger partial charge in [0.1, 0.15) is 50.6 Å². The summed E-state index contributed by atoms with van der Waals surface area (Å²) < 4.78 is 27.4. The van der Waals surface area contributed by atoms with E-state index in [-0.39, 0.29) is 83.1 Å². The number of rotatable bonds is 6. The molecule has 0 aliphatic carbocycles. The molecule has 0 radical (unpaired) electrons. The van der Waals surface area contributed by atoms with Crippen molar-refractivity contribution in [3.63, 3.8) is 0 Å². The first kappa shape index (κ1) is 93.2. The highest BCUT2D eigenvalue weighted by Gasteiger charge is 2.30. The molecule has 0 unspecified atom stereocenters. The third kappa shape index (κ3) is 21.9. The lowest BCUT2D eigenvalue weighted by Gasteiger charge is -2.36. The topological polar surface area (TPSA) is 470 Å². The number of fused-ring (bicyclic) bond motifs is 7. The lowest BCUT2D eigenvalue weighted by molar-refractivity contribution is 0.0239. The molecule has 0 spiro atoms. The Hall–Kier alpha value is -13.7. The summed E-state index contributed by atoms with van der Waals surface area (Å²) in [6.45, 7) is 23.5. The van der Waals surface area contributed by atoms with Gasteiger partial charge in [-0.25, -0.2) is 72.4 Å². The quantitative estimate of drug-likeness (QED) is 0.0789. The first-order valence-corrected chi connectivity index (χ1v) is 38.6. The Morgan fingerprint density at radius 3 is 1.46 bits per heavy atom. The summed E-state index contributed by atoms with van der Waals surface area (Å²) in [5.74, 6) is 28.9. The number of anilines is 1. The van der Waals surface area contributed by atoms with Gasteiger partial charge in [0, 0.05) is 68.5 Å². The Morgan fingerprint density at radius 1 is 0.447 bits per heavy atom. The minimum absolute atomic E-state index is 0.0420. The number of aromatic nitrogens is 28. The van der Waals surface area contributed by atoms with Crippen LogP contribution in [0.1, 0.15) is 76.2 Å². The van der Waals surface area contributed by atoms with Crippen LogP contribution in [0.3, 0.4) is 0 Å². The number of carbonyl (C=O) groups is 2. The zero-order valence-electron chi connectivity index (χ0n) is 69.1. The summed E-state index contributed by atoms with van der Waals surface area (Å²) in [5, 5.41) is 16.7. The molecule has 15 rings (SSSR count). The zero-order valence-corrected chi connectivity index (χ0v) is 73.6. The van der Waals surface area contributed by atoms with Crippen molar-refractivity contribution in [3.05, 3.63) is 152 Å². The number of H-pyrrole nitrogens is 3. The fourth-order valence-corrected chi connectivity index (χ4v) is 12.5. The molecule has 642 valence electrons. The number of aromatic amines is 3. The summed E-state index contributed by atoms with van der Waals surface area (Å²) in [6, 6.07) is 0. The fourth-order valence-electron chi connectivity index (χ4n) is 11.1. The average Bonchev–Trinajstić information content (AvgIpc) is 1.62. The molecular weight excluding hydrogens is 1730 g/mol. The van der Waals surface area contributed by atoms with E-state index >= 15 is 0 Å². The molecule has 0 atom stereocenters. The largest absolute Gasteiger partial charge is 0.444 e. The predicted molar refractivity (Wildman–Crippen MR) is 463 cm³/mol. The smallest absolute Gasteiger partial charge is 0.420 e. The molecular formula is C75H78Cl6N30O12. The number of halogens is 6. The maximum Gasteiger partial charge on any atom is 0.420 e. The summed E-state index contributed by atoms with van der Waals surface area (Å²) in [6.07, 6.45) is 7.90. The zero-order chi connectivity index (χ0) is 90.4. The van der Waals surface area contributed by atoms with Crippen molar-refractivity contribution in [3.8, 4) is 59.2 Å². The summed E-state index contributed by atoms with van der Waals surface area (Å²) in [4.78, 5) is 165. The molecule has 14 aromatic rings. The number of imidazole rings is 7. The Labute approximate surface area is 725 Å². The van der Waals surface area contributed by atoms with Gasteiger partial charge < -0.3 is 28.8 Å². The van der Waals surface area contributed by atoms with E-state index in [4.69, 9.17) is 79.1 Å². The minimum atomic E-state index is -0.610. The van der Waals surface area contributed by atoms with Gasteiger partial charge in [-0.1, -0.05) is 41.2 Å². The van der Waals surface area contributed by atoms with Crippen molar-refractivity contribution in [1.82, 2.24) is 140 Å². The van der Waals surface area contributed by atoms with Crippen LogP contribution in [0.4, 0.5) is 15.5 Å². The molecule has 1 fully saturated rings. The van der Waals surface area contributed by atoms with E-state index in [9.17, 15) is 47.9 Å². The van der Waals surface area contributed by atoms with Gasteiger partial charge in [0.15, 0.2) is 44.2 Å². The molecule has 3 N–H and O–H groups in total. The molecule has 48 heteroatoms. The number of hydrogen-bond acceptors (Lipinski definition) is 26. The van der Waals surface area contributed by atoms with E-state index in [1.165, 1.54) is 77.7 Å². The van der Waals surface area contributed by atoms with Crippen molar-refractivity contribution in [2.45, 2.75) is 120 Å². The van der Waals surface area contributed by atoms with Gasteiger partial charge in [-0.3, -0.25) is 66.1 Å². The predicted octanol–water partition coefficient (Wildman–Crippen LogP) is 5.60. The minimum Gasteiger partial charge on any atom is -0.444 e. The van der Waals surface area contributed by atoms with Crippen molar-refractivity contribution in [2.24, 2.45) is 42.3 Å². The van der Waals surface area contributed by atoms with Crippen LogP contribution < -0.4 is 49.6 Å². The van der Waals surface area contributed by atoms with E-state index in [0.717, 1.165) is 4.68 Å². The van der Waals surface area contributed by atoms with Crippen LogP contribution in [0.2, 0.25) is 31.6 Å². The first-order valence-electron chi connectivity index (χ1n) is 36.3. The Bertz CT molecular complexity index is 7290. The molecule has 0 saturated carbocycles. The van der Waals surface area contributed by atoms with E-state index < -0.39 is 39.8 Å². The third-order valence-corrected chi connectivity index (χ3v) is 18.5. The summed E-state index contributed by atoms with van der Waals surface area (Å²) in [7, 11) is 9.35. The van der Waals surface area contributed by atoms with Crippen LogP contribution in [0.15, 0.2) is 75.8 Å². The highest BCUT2D eigenvalue weighted by atomic mass is 35.5. The average molecular weight is 1800 g/mol. The lowest BCUT2D eigenvalue weighted by Crippen LogP contribution is -2.50. The SMILES string of the molecule is CC#CCn1c(Cl)nc2c1c(=O)[nH]c(=O)n2C.CC#CCn1c(Cl)nc2cnn(C)c(=O)c21.CC#CCn1c(Cl)nc2nc(Cl)nc(Cl)c21.CC#CCn1c(N2CCN(C(=O)OC(C)(C)C)CC2)nc2cnn(C)c(=O)c21.CC#CCn1cnc2c1c(=O)[nH]c(=O)n2C.Cn1ncc2[nH]c(Cl)nc2c1=O.Cn1ncc2c(ncn2C(=O)OC(C)(C)C)c1=O. The number of nitrogens with one attached hydrogen (secondary N) is 3.